The number of carbonyl (C=O) groups excluding carboxylic acids is 2. The molecule has 2 heterocycles. The largest absolute Gasteiger partial charge is 0.444 e. The predicted molar refractivity (Wildman–Crippen MR) is 121 cm³/mol. The summed E-state index contributed by atoms with van der Waals surface area (Å²) < 4.78 is 32.3. The number of benzene rings is 2. The Hall–Kier alpha value is -2.96. The third-order valence-corrected chi connectivity index (χ3v) is 6.40. The number of ether oxygens (including phenoxy) is 1. The Morgan fingerprint density at radius 3 is 1.97 bits per heavy atom. The number of rotatable bonds is 3. The molecule has 2 saturated heterocycles. The minimum atomic E-state index is -0.681. The number of hydrogen-bond donors (Lipinski definition) is 0. The van der Waals surface area contributed by atoms with Crippen LogP contribution in [-0.4, -0.2) is 53.1 Å². The summed E-state index contributed by atoms with van der Waals surface area (Å²) in [5.74, 6) is -0.649. The summed E-state index contributed by atoms with van der Waals surface area (Å²) in [6, 6.07) is 12.0. The zero-order chi connectivity index (χ0) is 23.8. The first-order chi connectivity index (χ1) is 15.6. The molecule has 2 fully saturated rings. The van der Waals surface area contributed by atoms with E-state index in [0.717, 1.165) is 17.5 Å². The molecule has 0 radical (unpaired) electrons. The Balaban J connectivity index is 1.52. The first kappa shape index (κ1) is 23.2. The molecule has 2 amide bonds. The zero-order valence-electron chi connectivity index (χ0n) is 19.3. The lowest BCUT2D eigenvalue weighted by atomic mass is 9.96. The summed E-state index contributed by atoms with van der Waals surface area (Å²) >= 11 is 0. The molecule has 4 rings (SSSR count). The van der Waals surface area contributed by atoms with Gasteiger partial charge >= 0.3 is 6.09 Å². The van der Waals surface area contributed by atoms with E-state index in [9.17, 15) is 18.4 Å². The van der Waals surface area contributed by atoms with E-state index in [-0.39, 0.29) is 29.4 Å². The molecule has 0 bridgehead atoms. The van der Waals surface area contributed by atoms with Crippen LogP contribution in [0, 0.1) is 11.6 Å². The second-order valence-corrected chi connectivity index (χ2v) is 9.95. The van der Waals surface area contributed by atoms with Crippen molar-refractivity contribution < 1.29 is 23.1 Å². The first-order valence-electron chi connectivity index (χ1n) is 11.4. The molecule has 5 nitrogen and oxygen atoms in total. The van der Waals surface area contributed by atoms with Crippen molar-refractivity contribution >= 4 is 12.0 Å². The molecule has 0 saturated carbocycles. The third kappa shape index (κ3) is 5.34. The van der Waals surface area contributed by atoms with Gasteiger partial charge in [0, 0.05) is 31.5 Å². The molecule has 0 unspecified atom stereocenters. The number of halogens is 2. The Bertz CT molecular complexity index is 1000. The molecule has 0 N–H and O–H groups in total. The Morgan fingerprint density at radius 1 is 0.879 bits per heavy atom. The van der Waals surface area contributed by atoms with Crippen LogP contribution >= 0.6 is 0 Å². The zero-order valence-corrected chi connectivity index (χ0v) is 19.3. The van der Waals surface area contributed by atoms with E-state index in [4.69, 9.17) is 4.74 Å². The van der Waals surface area contributed by atoms with E-state index in [2.05, 4.69) is 0 Å². The van der Waals surface area contributed by atoms with Gasteiger partial charge in [-0.25, -0.2) is 13.6 Å². The highest BCUT2D eigenvalue weighted by Gasteiger charge is 2.44. The summed E-state index contributed by atoms with van der Waals surface area (Å²) in [5.41, 5.74) is 1.22. The number of carbonyl (C=O) groups is 2. The highest BCUT2D eigenvalue weighted by Crippen LogP contribution is 2.36. The van der Waals surface area contributed by atoms with Crippen molar-refractivity contribution in [3.63, 3.8) is 0 Å². The molecule has 2 aliphatic heterocycles. The number of amides is 2. The molecular weight excluding hydrogens is 426 g/mol. The summed E-state index contributed by atoms with van der Waals surface area (Å²) in [4.78, 5) is 29.8. The smallest absolute Gasteiger partial charge is 0.410 e. The topological polar surface area (TPSA) is 49.9 Å². The standard InChI is InChI=1S/C26H30F2N2O3/c1-26(2,3)33-25(32)30-16-20(18-6-10-22(28)11-7-18)14-23(30)24(31)29-13-12-19(15-29)17-4-8-21(27)9-5-17/h4-11,19-20,23H,12-16H2,1-3H3/t19-,20-,23-/m0/s1. The molecule has 0 spiro atoms. The summed E-state index contributed by atoms with van der Waals surface area (Å²) in [6.45, 7) is 6.84. The molecule has 3 atom stereocenters. The van der Waals surface area contributed by atoms with Gasteiger partial charge in [0.2, 0.25) is 5.91 Å². The van der Waals surface area contributed by atoms with Gasteiger partial charge < -0.3 is 9.64 Å². The van der Waals surface area contributed by atoms with Crippen molar-refractivity contribution in [1.82, 2.24) is 9.80 Å². The average molecular weight is 457 g/mol. The molecule has 0 aromatic heterocycles. The third-order valence-electron chi connectivity index (χ3n) is 6.40. The molecule has 2 aliphatic rings. The van der Waals surface area contributed by atoms with Crippen molar-refractivity contribution in [2.45, 2.75) is 57.1 Å². The van der Waals surface area contributed by atoms with E-state index >= 15 is 0 Å². The van der Waals surface area contributed by atoms with Crippen molar-refractivity contribution in [3.8, 4) is 0 Å². The van der Waals surface area contributed by atoms with E-state index in [1.54, 1.807) is 49.9 Å². The Labute approximate surface area is 193 Å². The van der Waals surface area contributed by atoms with Gasteiger partial charge in [-0.3, -0.25) is 9.69 Å². The van der Waals surface area contributed by atoms with Gasteiger partial charge in [-0.1, -0.05) is 24.3 Å². The normalized spacial score (nSPS) is 23.1. The number of hydrogen-bond acceptors (Lipinski definition) is 3. The average Bonchev–Trinajstić information content (AvgIpc) is 3.41. The quantitative estimate of drug-likeness (QED) is 0.648. The molecule has 0 aliphatic carbocycles. The van der Waals surface area contributed by atoms with Crippen LogP contribution in [-0.2, 0) is 9.53 Å². The second-order valence-electron chi connectivity index (χ2n) is 9.95. The second kappa shape index (κ2) is 9.12. The van der Waals surface area contributed by atoms with Gasteiger partial charge in [-0.2, -0.15) is 0 Å². The molecule has 176 valence electrons. The summed E-state index contributed by atoms with van der Waals surface area (Å²) in [5, 5.41) is 0. The van der Waals surface area contributed by atoms with Crippen molar-refractivity contribution in [1.29, 1.82) is 0 Å². The maximum atomic E-state index is 13.5. The molecular formula is C26H30F2N2O3. The van der Waals surface area contributed by atoms with E-state index in [0.29, 0.717) is 26.1 Å². The number of likely N-dealkylation sites (tertiary alicyclic amines) is 2. The SMILES string of the molecule is CC(C)(C)OC(=O)N1C[C@@H](c2ccc(F)cc2)C[C@H]1C(=O)N1CC[C@H](c2ccc(F)cc2)C1. The van der Waals surface area contributed by atoms with E-state index < -0.39 is 17.7 Å². The Kier molecular flexibility index (Phi) is 6.41. The number of nitrogens with zero attached hydrogens (tertiary/aromatic N) is 2. The van der Waals surface area contributed by atoms with Crippen LogP contribution in [0.2, 0.25) is 0 Å². The van der Waals surface area contributed by atoms with Crippen LogP contribution in [0.25, 0.3) is 0 Å². The van der Waals surface area contributed by atoms with Gasteiger partial charge in [0.1, 0.15) is 23.3 Å². The maximum absolute atomic E-state index is 13.5. The molecule has 7 heteroatoms. The van der Waals surface area contributed by atoms with Crippen LogP contribution in [0.3, 0.4) is 0 Å². The summed E-state index contributed by atoms with van der Waals surface area (Å²) in [6.07, 6.45) is 0.735. The van der Waals surface area contributed by atoms with E-state index in [1.807, 2.05) is 0 Å². The van der Waals surface area contributed by atoms with Crippen LogP contribution in [0.5, 0.6) is 0 Å². The van der Waals surface area contributed by atoms with Gasteiger partial charge in [0.05, 0.1) is 0 Å². The minimum Gasteiger partial charge on any atom is -0.444 e. The van der Waals surface area contributed by atoms with Crippen LogP contribution in [0.4, 0.5) is 13.6 Å². The van der Waals surface area contributed by atoms with Crippen molar-refractivity contribution in [2.75, 3.05) is 19.6 Å². The summed E-state index contributed by atoms with van der Waals surface area (Å²) in [7, 11) is 0. The van der Waals surface area contributed by atoms with Gasteiger partial charge in [-0.15, -0.1) is 0 Å². The fourth-order valence-corrected chi connectivity index (χ4v) is 4.75. The van der Waals surface area contributed by atoms with E-state index in [1.165, 1.54) is 29.2 Å². The highest BCUT2D eigenvalue weighted by molar-refractivity contribution is 5.87. The fourth-order valence-electron chi connectivity index (χ4n) is 4.75. The van der Waals surface area contributed by atoms with Gasteiger partial charge in [0.15, 0.2) is 0 Å². The molecule has 2 aromatic carbocycles. The van der Waals surface area contributed by atoms with Crippen LogP contribution < -0.4 is 0 Å². The Morgan fingerprint density at radius 2 is 1.42 bits per heavy atom. The van der Waals surface area contributed by atoms with Crippen LogP contribution in [0.15, 0.2) is 48.5 Å². The first-order valence-corrected chi connectivity index (χ1v) is 11.4. The maximum Gasteiger partial charge on any atom is 0.410 e. The van der Waals surface area contributed by atoms with Crippen LogP contribution in [0.1, 0.15) is 56.6 Å². The predicted octanol–water partition coefficient (Wildman–Crippen LogP) is 5.07. The molecule has 2 aromatic rings. The lowest BCUT2D eigenvalue weighted by Gasteiger charge is -2.30. The van der Waals surface area contributed by atoms with Crippen molar-refractivity contribution in [3.05, 3.63) is 71.3 Å². The lowest BCUT2D eigenvalue weighted by Crippen LogP contribution is -2.48. The monoisotopic (exact) mass is 456 g/mol. The van der Waals surface area contributed by atoms with Gasteiger partial charge in [0.25, 0.3) is 0 Å². The molecule has 33 heavy (non-hydrogen) atoms. The fraction of sp³-hybridized carbons (Fsp3) is 0.462. The lowest BCUT2D eigenvalue weighted by molar-refractivity contribution is -0.134. The van der Waals surface area contributed by atoms with Gasteiger partial charge in [-0.05, 0) is 69.0 Å². The minimum absolute atomic E-state index is 0.0810. The van der Waals surface area contributed by atoms with Crippen molar-refractivity contribution in [2.24, 2.45) is 0 Å². The highest BCUT2D eigenvalue weighted by atomic mass is 19.1.